The number of hydrogen-bond acceptors (Lipinski definition) is 7. The van der Waals surface area contributed by atoms with E-state index in [0.29, 0.717) is 24.7 Å². The first kappa shape index (κ1) is 26.4. The molecule has 40 heavy (non-hydrogen) atoms. The molecule has 0 radical (unpaired) electrons. The van der Waals surface area contributed by atoms with Gasteiger partial charge in [0.1, 0.15) is 11.4 Å². The van der Waals surface area contributed by atoms with Gasteiger partial charge in [-0.1, -0.05) is 30.3 Å². The summed E-state index contributed by atoms with van der Waals surface area (Å²) in [5.41, 5.74) is 3.42. The molecule has 0 saturated carbocycles. The average Bonchev–Trinajstić information content (AvgIpc) is 3.47. The van der Waals surface area contributed by atoms with Crippen molar-refractivity contribution in [1.29, 1.82) is 5.26 Å². The Labute approximate surface area is 236 Å². The first-order valence-corrected chi connectivity index (χ1v) is 14.3. The predicted octanol–water partition coefficient (Wildman–Crippen LogP) is 5.68. The largest absolute Gasteiger partial charge is 0.444 e. The summed E-state index contributed by atoms with van der Waals surface area (Å²) in [5, 5.41) is 15.5. The highest BCUT2D eigenvalue weighted by Gasteiger charge is 2.40. The molecule has 6 rings (SSSR count). The van der Waals surface area contributed by atoms with Crippen LogP contribution in [0, 0.1) is 11.3 Å². The van der Waals surface area contributed by atoms with Gasteiger partial charge in [-0.3, -0.25) is 9.80 Å². The highest BCUT2D eigenvalue weighted by molar-refractivity contribution is 5.98. The second kappa shape index (κ2) is 9.97. The minimum absolute atomic E-state index is 0.0583. The molecule has 2 fully saturated rings. The molecule has 0 spiro atoms. The summed E-state index contributed by atoms with van der Waals surface area (Å²) in [5.74, 6) is 0.865. The maximum Gasteiger partial charge on any atom is 0.411 e. The van der Waals surface area contributed by atoms with Crippen LogP contribution in [-0.4, -0.2) is 64.2 Å². The zero-order valence-electron chi connectivity index (χ0n) is 24.0. The number of nitrogens with one attached hydrogen (secondary N) is 1. The number of benzene rings is 2. The van der Waals surface area contributed by atoms with E-state index >= 15 is 0 Å². The van der Waals surface area contributed by atoms with Gasteiger partial charge in [0.15, 0.2) is 0 Å². The van der Waals surface area contributed by atoms with Gasteiger partial charge in [0.2, 0.25) is 0 Å². The van der Waals surface area contributed by atoms with Crippen molar-refractivity contribution in [3.63, 3.8) is 0 Å². The Morgan fingerprint density at radius 1 is 1.05 bits per heavy atom. The first-order valence-electron chi connectivity index (χ1n) is 14.3. The quantitative estimate of drug-likeness (QED) is 0.459. The highest BCUT2D eigenvalue weighted by Crippen LogP contribution is 2.36. The van der Waals surface area contributed by atoms with Crippen LogP contribution in [0.5, 0.6) is 0 Å². The van der Waals surface area contributed by atoms with Crippen LogP contribution in [0.3, 0.4) is 0 Å². The molecule has 1 unspecified atom stereocenters. The number of ether oxygens (including phenoxy) is 1. The van der Waals surface area contributed by atoms with E-state index in [0.717, 1.165) is 59.5 Å². The fourth-order valence-electron chi connectivity index (χ4n) is 6.69. The number of rotatable bonds is 3. The van der Waals surface area contributed by atoms with E-state index in [1.165, 1.54) is 5.69 Å². The highest BCUT2D eigenvalue weighted by atomic mass is 16.6. The Kier molecular flexibility index (Phi) is 6.58. The van der Waals surface area contributed by atoms with Gasteiger partial charge in [-0.05, 0) is 64.8 Å². The Balaban J connectivity index is 1.14. The molecule has 8 nitrogen and oxygen atoms in total. The number of piperazine rings is 1. The van der Waals surface area contributed by atoms with Crippen LogP contribution in [0.25, 0.3) is 10.8 Å². The Bertz CT molecular complexity index is 1490. The number of nitrogens with zero attached hydrogens (tertiary/aromatic N) is 5. The third kappa shape index (κ3) is 4.84. The van der Waals surface area contributed by atoms with Crippen molar-refractivity contribution in [2.75, 3.05) is 29.9 Å². The van der Waals surface area contributed by atoms with E-state index in [9.17, 15) is 10.1 Å². The summed E-state index contributed by atoms with van der Waals surface area (Å²) in [4.78, 5) is 24.6. The fraction of sp³-hybridized carbons (Fsp3) is 0.469. The minimum Gasteiger partial charge on any atom is -0.444 e. The predicted molar refractivity (Wildman–Crippen MR) is 157 cm³/mol. The van der Waals surface area contributed by atoms with Crippen molar-refractivity contribution < 1.29 is 9.53 Å². The zero-order chi connectivity index (χ0) is 28.2. The first-order chi connectivity index (χ1) is 19.1. The summed E-state index contributed by atoms with van der Waals surface area (Å²) in [6.07, 6.45) is 0.739. The zero-order valence-corrected chi connectivity index (χ0v) is 24.0. The van der Waals surface area contributed by atoms with Gasteiger partial charge in [0.25, 0.3) is 0 Å². The molecule has 1 N–H and O–H groups in total. The second-order valence-electron chi connectivity index (χ2n) is 12.5. The number of fused-ring (bicyclic) bond motifs is 3. The monoisotopic (exact) mass is 538 g/mol. The summed E-state index contributed by atoms with van der Waals surface area (Å²) in [6, 6.07) is 19.9. The smallest absolute Gasteiger partial charge is 0.411 e. The van der Waals surface area contributed by atoms with Gasteiger partial charge in [-0.2, -0.15) is 5.26 Å². The van der Waals surface area contributed by atoms with Crippen LogP contribution < -0.4 is 10.2 Å². The second-order valence-corrected chi connectivity index (χ2v) is 12.5. The normalized spacial score (nSPS) is 24.5. The van der Waals surface area contributed by atoms with Crippen molar-refractivity contribution in [2.24, 2.45) is 0 Å². The number of nitriles is 1. The van der Waals surface area contributed by atoms with Gasteiger partial charge in [0.05, 0.1) is 29.9 Å². The van der Waals surface area contributed by atoms with Gasteiger partial charge in [-0.25, -0.2) is 9.78 Å². The topological polar surface area (TPSA) is 84.7 Å². The average molecular weight is 539 g/mol. The van der Waals surface area contributed by atoms with Crippen molar-refractivity contribution in [3.05, 3.63) is 65.4 Å². The molecule has 8 heteroatoms. The van der Waals surface area contributed by atoms with Gasteiger partial charge >= 0.3 is 6.09 Å². The summed E-state index contributed by atoms with van der Waals surface area (Å²) in [6.45, 7) is 13.4. The van der Waals surface area contributed by atoms with Crippen LogP contribution in [0.15, 0.2) is 48.5 Å². The van der Waals surface area contributed by atoms with Crippen LogP contribution >= 0.6 is 0 Å². The molecule has 2 aromatic carbocycles. The molecule has 1 amide bonds. The third-order valence-corrected chi connectivity index (χ3v) is 8.53. The van der Waals surface area contributed by atoms with E-state index < -0.39 is 5.60 Å². The minimum atomic E-state index is -0.528. The maximum absolute atomic E-state index is 12.7. The Morgan fingerprint density at radius 3 is 2.58 bits per heavy atom. The van der Waals surface area contributed by atoms with Crippen LogP contribution in [0.1, 0.15) is 63.9 Å². The molecular weight excluding hydrogens is 500 g/mol. The summed E-state index contributed by atoms with van der Waals surface area (Å²) >= 11 is 0. The molecule has 1 aromatic heterocycles. The molecule has 0 bridgehead atoms. The van der Waals surface area contributed by atoms with Crippen LogP contribution in [-0.2, 0) is 11.3 Å². The number of anilines is 2. The Morgan fingerprint density at radius 2 is 1.82 bits per heavy atom. The van der Waals surface area contributed by atoms with Crippen molar-refractivity contribution in [1.82, 2.24) is 14.8 Å². The molecule has 0 aliphatic carbocycles. The van der Waals surface area contributed by atoms with Gasteiger partial charge in [-0.15, -0.1) is 0 Å². The Hall–Kier alpha value is -3.83. The lowest BCUT2D eigenvalue weighted by Crippen LogP contribution is -2.55. The van der Waals surface area contributed by atoms with Crippen molar-refractivity contribution in [3.8, 4) is 6.07 Å². The number of carbonyl (C=O) groups is 1. The number of amides is 1. The van der Waals surface area contributed by atoms with E-state index in [4.69, 9.17) is 9.72 Å². The van der Waals surface area contributed by atoms with E-state index in [1.807, 2.05) is 52.0 Å². The van der Waals surface area contributed by atoms with Crippen LogP contribution in [0.2, 0.25) is 0 Å². The number of pyridine rings is 1. The molecule has 4 heterocycles. The maximum atomic E-state index is 12.7. The lowest BCUT2D eigenvalue weighted by molar-refractivity contribution is 0.0186. The van der Waals surface area contributed by atoms with E-state index in [1.54, 1.807) is 4.90 Å². The molecule has 208 valence electrons. The summed E-state index contributed by atoms with van der Waals surface area (Å²) in [7, 11) is 0. The fourth-order valence-corrected chi connectivity index (χ4v) is 6.69. The van der Waals surface area contributed by atoms with Gasteiger partial charge < -0.3 is 15.0 Å². The molecule has 2 saturated heterocycles. The third-order valence-electron chi connectivity index (χ3n) is 8.53. The standard InChI is InChI=1S/C32H38N6O2/c1-20-16-36(29-12-10-22(15-33)26-8-6-7-9-27(26)29)18-24-14-23(17-37(20)24)34-30-13-11-25-21(2)38(19-28(25)35-30)31(39)40-32(3,4)5/h6-13,20-21,23-24H,14,16-19H2,1-5H3,(H,34,35)/t20-,21?,23-,24+/m1/s1. The number of carbonyl (C=O) groups excluding carboxylic acids is 1. The molecule has 3 aliphatic rings. The lowest BCUT2D eigenvalue weighted by atomic mass is 10.0. The SMILES string of the molecule is CC1c2ccc(N[C@@H]3C[C@H]4CN(c5ccc(C#N)c6ccccc56)C[C@@H](C)N4C3)nc2CN1C(=O)OC(C)(C)C. The van der Waals surface area contributed by atoms with E-state index in [2.05, 4.69) is 52.4 Å². The number of hydrogen-bond donors (Lipinski definition) is 1. The molecule has 4 atom stereocenters. The summed E-state index contributed by atoms with van der Waals surface area (Å²) < 4.78 is 5.62. The lowest BCUT2D eigenvalue weighted by Gasteiger charge is -2.43. The van der Waals surface area contributed by atoms with Crippen molar-refractivity contribution >= 4 is 28.4 Å². The van der Waals surface area contributed by atoms with Gasteiger partial charge in [0, 0.05) is 54.2 Å². The molecular formula is C32H38N6O2. The van der Waals surface area contributed by atoms with Crippen molar-refractivity contribution in [2.45, 2.75) is 77.4 Å². The van der Waals surface area contributed by atoms with Crippen LogP contribution in [0.4, 0.5) is 16.3 Å². The molecule has 3 aromatic rings. The molecule has 3 aliphatic heterocycles. The number of aromatic nitrogens is 1. The van der Waals surface area contributed by atoms with E-state index in [-0.39, 0.29) is 12.1 Å².